The summed E-state index contributed by atoms with van der Waals surface area (Å²) < 4.78 is 2.02. The van der Waals surface area contributed by atoms with Crippen LogP contribution in [0.5, 0.6) is 0 Å². The van der Waals surface area contributed by atoms with Crippen molar-refractivity contribution in [3.63, 3.8) is 0 Å². The van der Waals surface area contributed by atoms with E-state index in [1.807, 2.05) is 39.9 Å². The summed E-state index contributed by atoms with van der Waals surface area (Å²) in [5, 5.41) is 0. The van der Waals surface area contributed by atoms with Crippen LogP contribution in [0.25, 0.3) is 5.82 Å². The van der Waals surface area contributed by atoms with Crippen LogP contribution in [0, 0.1) is 0 Å². The van der Waals surface area contributed by atoms with Crippen LogP contribution < -0.4 is 0 Å². The van der Waals surface area contributed by atoms with E-state index in [0.717, 1.165) is 36.7 Å². The Morgan fingerprint density at radius 3 is 2.85 bits per heavy atom. The molecule has 0 aliphatic carbocycles. The predicted octanol–water partition coefficient (Wildman–Crippen LogP) is 3.76. The van der Waals surface area contributed by atoms with E-state index < -0.39 is 0 Å². The summed E-state index contributed by atoms with van der Waals surface area (Å²) in [7, 11) is 0. The second-order valence-corrected chi connectivity index (χ2v) is 7.13. The molecule has 0 N–H and O–H groups in total. The smallest absolute Gasteiger partial charge is 0.255 e. The van der Waals surface area contributed by atoms with Gasteiger partial charge >= 0.3 is 0 Å². The number of imidazole rings is 1. The first kappa shape index (κ1) is 17.4. The average Bonchev–Trinajstić information content (AvgIpc) is 3.38. The normalized spacial score (nSPS) is 16.9. The number of carbonyl (C=O) groups is 1. The summed E-state index contributed by atoms with van der Waals surface area (Å²) in [6.45, 7) is 4.98. The highest BCUT2D eigenvalue weighted by atomic mass is 16.2. The molecule has 1 atom stereocenters. The van der Waals surface area contributed by atoms with Gasteiger partial charge in [-0.3, -0.25) is 14.3 Å². The van der Waals surface area contributed by atoms with Crippen molar-refractivity contribution < 1.29 is 4.79 Å². The highest BCUT2D eigenvalue weighted by molar-refractivity contribution is 5.94. The molecule has 27 heavy (non-hydrogen) atoms. The maximum Gasteiger partial charge on any atom is 0.255 e. The van der Waals surface area contributed by atoms with Crippen LogP contribution >= 0.6 is 0 Å². The Morgan fingerprint density at radius 1 is 1.19 bits per heavy atom. The van der Waals surface area contributed by atoms with Crippen LogP contribution in [0.4, 0.5) is 0 Å². The number of nitrogens with zero attached hydrogens (tertiary/aromatic N) is 5. The van der Waals surface area contributed by atoms with E-state index in [0.29, 0.717) is 11.5 Å². The molecular weight excluding hydrogens is 338 g/mol. The van der Waals surface area contributed by atoms with Crippen LogP contribution in [0.1, 0.15) is 60.5 Å². The van der Waals surface area contributed by atoms with Gasteiger partial charge in [0.15, 0.2) is 0 Å². The Hall–Kier alpha value is -3.02. The molecule has 0 spiro atoms. The Labute approximate surface area is 158 Å². The largest absolute Gasteiger partial charge is 0.330 e. The number of hydrogen-bond acceptors (Lipinski definition) is 4. The summed E-state index contributed by atoms with van der Waals surface area (Å²) in [6, 6.07) is 9.60. The maximum atomic E-state index is 12.9. The molecule has 0 saturated carbocycles. The minimum atomic E-state index is -0.0105. The molecule has 3 aromatic rings. The quantitative estimate of drug-likeness (QED) is 0.710. The minimum absolute atomic E-state index is 0.0105. The van der Waals surface area contributed by atoms with Gasteiger partial charge in [-0.1, -0.05) is 19.9 Å². The first-order chi connectivity index (χ1) is 13.1. The van der Waals surface area contributed by atoms with Gasteiger partial charge in [0.05, 0.1) is 17.3 Å². The van der Waals surface area contributed by atoms with Crippen molar-refractivity contribution in [3.8, 4) is 5.82 Å². The molecule has 3 aromatic heterocycles. The molecule has 4 rings (SSSR count). The zero-order valence-electron chi connectivity index (χ0n) is 15.6. The molecule has 0 aromatic carbocycles. The first-order valence-corrected chi connectivity index (χ1v) is 9.36. The lowest BCUT2D eigenvalue weighted by Gasteiger charge is -2.24. The monoisotopic (exact) mass is 361 g/mol. The van der Waals surface area contributed by atoms with Gasteiger partial charge in [-0.2, -0.15) is 0 Å². The highest BCUT2D eigenvalue weighted by Gasteiger charge is 2.31. The molecule has 1 aliphatic rings. The van der Waals surface area contributed by atoms with Gasteiger partial charge in [-0.25, -0.2) is 9.97 Å². The number of aromatic nitrogens is 4. The van der Waals surface area contributed by atoms with Crippen molar-refractivity contribution >= 4 is 5.91 Å². The third kappa shape index (κ3) is 3.35. The van der Waals surface area contributed by atoms with Crippen LogP contribution in [-0.2, 0) is 0 Å². The molecule has 6 heteroatoms. The minimum Gasteiger partial charge on any atom is -0.330 e. The molecule has 1 fully saturated rings. The molecule has 138 valence electrons. The number of pyridine rings is 2. The Kier molecular flexibility index (Phi) is 4.71. The third-order valence-electron chi connectivity index (χ3n) is 4.95. The molecule has 1 amide bonds. The van der Waals surface area contributed by atoms with Gasteiger partial charge in [0.1, 0.15) is 11.6 Å². The van der Waals surface area contributed by atoms with Crippen molar-refractivity contribution in [1.29, 1.82) is 0 Å². The number of likely N-dealkylation sites (tertiary alicyclic amines) is 1. The van der Waals surface area contributed by atoms with Crippen molar-refractivity contribution in [2.45, 2.75) is 38.6 Å². The van der Waals surface area contributed by atoms with Crippen molar-refractivity contribution in [1.82, 2.24) is 24.4 Å². The fourth-order valence-electron chi connectivity index (χ4n) is 3.67. The molecule has 0 radical (unpaired) electrons. The Balaban J connectivity index is 1.65. The lowest BCUT2D eigenvalue weighted by atomic mass is 10.1. The van der Waals surface area contributed by atoms with Crippen LogP contribution in [0.2, 0.25) is 0 Å². The number of hydrogen-bond donors (Lipinski definition) is 0. The van der Waals surface area contributed by atoms with Crippen LogP contribution in [0.15, 0.2) is 55.1 Å². The number of amides is 1. The lowest BCUT2D eigenvalue weighted by molar-refractivity contribution is 0.0732. The van der Waals surface area contributed by atoms with E-state index in [1.54, 1.807) is 24.7 Å². The average molecular weight is 361 g/mol. The van der Waals surface area contributed by atoms with E-state index in [9.17, 15) is 4.79 Å². The summed E-state index contributed by atoms with van der Waals surface area (Å²) in [6.07, 6.45) is 8.95. The third-order valence-corrected chi connectivity index (χ3v) is 4.95. The van der Waals surface area contributed by atoms with E-state index in [2.05, 4.69) is 23.8 Å². The van der Waals surface area contributed by atoms with E-state index in [1.165, 1.54) is 0 Å². The zero-order valence-corrected chi connectivity index (χ0v) is 15.6. The fourth-order valence-corrected chi connectivity index (χ4v) is 3.67. The first-order valence-electron chi connectivity index (χ1n) is 9.36. The van der Waals surface area contributed by atoms with E-state index in [4.69, 9.17) is 4.98 Å². The molecular formula is C21H23N5O. The summed E-state index contributed by atoms with van der Waals surface area (Å²) in [5.74, 6) is 2.15. The standard InChI is InChI=1S/C21H23N5O/c1-15(2)20-23-11-13-26(20)19-9-3-7-17(24-19)18-8-5-12-25(18)21(27)16-6-4-10-22-14-16/h3-4,6-7,9-11,13-15,18H,5,8,12H2,1-2H3. The summed E-state index contributed by atoms with van der Waals surface area (Å²) in [4.78, 5) is 28.3. The van der Waals surface area contributed by atoms with Crippen molar-refractivity contribution in [2.24, 2.45) is 0 Å². The van der Waals surface area contributed by atoms with Gasteiger partial charge in [0.2, 0.25) is 0 Å². The van der Waals surface area contributed by atoms with Crippen LogP contribution in [-0.4, -0.2) is 36.9 Å². The van der Waals surface area contributed by atoms with Gasteiger partial charge in [-0.15, -0.1) is 0 Å². The lowest BCUT2D eigenvalue weighted by Crippen LogP contribution is -2.31. The van der Waals surface area contributed by atoms with Gasteiger partial charge in [-0.05, 0) is 37.1 Å². The Morgan fingerprint density at radius 2 is 2.07 bits per heavy atom. The molecule has 1 unspecified atom stereocenters. The number of carbonyl (C=O) groups excluding carboxylic acids is 1. The molecule has 1 saturated heterocycles. The molecule has 0 bridgehead atoms. The zero-order chi connectivity index (χ0) is 18.8. The van der Waals surface area contributed by atoms with Gasteiger partial charge < -0.3 is 4.90 Å². The topological polar surface area (TPSA) is 63.9 Å². The Bertz CT molecular complexity index is 935. The number of rotatable bonds is 4. The summed E-state index contributed by atoms with van der Waals surface area (Å²) >= 11 is 0. The van der Waals surface area contributed by atoms with Crippen molar-refractivity contribution in [3.05, 3.63) is 72.2 Å². The molecule has 4 heterocycles. The van der Waals surface area contributed by atoms with Gasteiger partial charge in [0, 0.05) is 37.3 Å². The summed E-state index contributed by atoms with van der Waals surface area (Å²) in [5.41, 5.74) is 1.54. The van der Waals surface area contributed by atoms with E-state index in [-0.39, 0.29) is 11.9 Å². The van der Waals surface area contributed by atoms with Crippen molar-refractivity contribution in [2.75, 3.05) is 6.54 Å². The van der Waals surface area contributed by atoms with Gasteiger partial charge in [0.25, 0.3) is 5.91 Å². The SMILES string of the molecule is CC(C)c1nccn1-c1cccc(C2CCCN2C(=O)c2cccnc2)n1. The fraction of sp³-hybridized carbons (Fsp3) is 0.333. The molecule has 6 nitrogen and oxygen atoms in total. The van der Waals surface area contributed by atoms with E-state index >= 15 is 0 Å². The highest BCUT2D eigenvalue weighted by Crippen LogP contribution is 2.32. The molecule has 1 aliphatic heterocycles. The van der Waals surface area contributed by atoms with Crippen LogP contribution in [0.3, 0.4) is 0 Å². The maximum absolute atomic E-state index is 12.9. The second kappa shape index (κ2) is 7.31. The predicted molar refractivity (Wildman–Crippen MR) is 103 cm³/mol. The second-order valence-electron chi connectivity index (χ2n) is 7.13.